The predicted octanol–water partition coefficient (Wildman–Crippen LogP) is 6.00. The minimum atomic E-state index is -4.02. The number of hydrogen-bond acceptors (Lipinski definition) is 8. The molecule has 0 aromatic heterocycles. The molecule has 0 amide bonds. The minimum Gasteiger partial charge on any atom is -0.0651 e. The van der Waals surface area contributed by atoms with Crippen LogP contribution >= 0.6 is 7.82 Å². The summed E-state index contributed by atoms with van der Waals surface area (Å²) >= 11 is 1.98. The summed E-state index contributed by atoms with van der Waals surface area (Å²) in [4.78, 5) is 5.11. The van der Waals surface area contributed by atoms with Crippen LogP contribution in [0.1, 0.15) is 74.1 Å². The van der Waals surface area contributed by atoms with E-state index in [2.05, 4.69) is 45.5 Å². The zero-order valence-corrected chi connectivity index (χ0v) is 22.9. The van der Waals surface area contributed by atoms with Crippen LogP contribution in [0.4, 0.5) is 0 Å². The van der Waals surface area contributed by atoms with Crippen LogP contribution in [0.2, 0.25) is 0 Å². The molecule has 1 rings (SSSR count). The summed E-state index contributed by atoms with van der Waals surface area (Å²) in [6.07, 6.45) is 1.64. The van der Waals surface area contributed by atoms with Crippen molar-refractivity contribution in [3.8, 4) is 6.07 Å². The van der Waals surface area contributed by atoms with Gasteiger partial charge < -0.3 is 0 Å². The normalized spacial score (nSPS) is 26.3. The summed E-state index contributed by atoms with van der Waals surface area (Å²) in [5, 5.41) is 8.96. The average Bonchev–Trinajstić information content (AvgIpc) is 3.21. The van der Waals surface area contributed by atoms with Crippen molar-refractivity contribution >= 4 is 7.82 Å². The standard InChI is InChI=1S/C22H41N2O6P.V/c1-8-16(3)18(5)22(7,19(6)17(4)9-2)30-31(25,28-13-10-12-23)29-20-11-14-26-21(20)15-27-24;/h16-21H,8-11,13-15H2,1-7H3;. The number of nitriles is 1. The predicted molar refractivity (Wildman–Crippen MR) is 118 cm³/mol. The maximum atomic E-state index is 14.0. The van der Waals surface area contributed by atoms with Gasteiger partial charge in [-0.2, -0.15) is 0 Å². The van der Waals surface area contributed by atoms with Crippen LogP contribution in [0, 0.1) is 35.0 Å². The Kier molecular flexibility index (Phi) is 13.4. The third-order valence-corrected chi connectivity index (χ3v) is 9.11. The first-order valence-electron chi connectivity index (χ1n) is 11.7. The van der Waals surface area contributed by atoms with Gasteiger partial charge in [0.2, 0.25) is 0 Å². The van der Waals surface area contributed by atoms with E-state index in [0.29, 0.717) is 24.9 Å². The van der Waals surface area contributed by atoms with Crippen LogP contribution in [0.3, 0.4) is 0 Å². The van der Waals surface area contributed by atoms with E-state index in [-0.39, 0.29) is 31.5 Å². The molecule has 185 valence electrons. The number of ether oxygens (including phenoxy) is 1. The van der Waals surface area contributed by atoms with E-state index in [1.54, 1.807) is 0 Å². The van der Waals surface area contributed by atoms with Gasteiger partial charge >= 0.3 is 190 Å². The van der Waals surface area contributed by atoms with Crippen LogP contribution in [0.5, 0.6) is 0 Å². The Labute approximate surface area is 203 Å². The van der Waals surface area contributed by atoms with E-state index < -0.39 is 25.6 Å². The van der Waals surface area contributed by atoms with Gasteiger partial charge in [0.1, 0.15) is 0 Å². The van der Waals surface area contributed by atoms with E-state index in [9.17, 15) is 4.57 Å². The Morgan fingerprint density at radius 3 is 2.31 bits per heavy atom. The molecule has 0 bridgehead atoms. The molecule has 1 heterocycles. The SMILES string of the molecule is CCC(C)C(C)C(C)(OP(=O)(OCCC#N)OC1CCOC1CO[N]=[V])C(C)C(C)CC. The topological polar surface area (TPSA) is 99.4 Å². The Hall–Kier alpha value is -0.0956. The number of phosphoric ester groups is 1. The van der Waals surface area contributed by atoms with E-state index in [0.717, 1.165) is 12.8 Å². The van der Waals surface area contributed by atoms with Gasteiger partial charge in [-0.25, -0.2) is 0 Å². The van der Waals surface area contributed by atoms with Gasteiger partial charge in [0.15, 0.2) is 0 Å². The van der Waals surface area contributed by atoms with Gasteiger partial charge in [0.25, 0.3) is 0 Å². The summed E-state index contributed by atoms with van der Waals surface area (Å²) in [5.41, 5.74) is -0.755. The molecule has 7 atom stereocenters. The molecule has 1 aliphatic rings. The fourth-order valence-corrected chi connectivity index (χ4v) is 6.08. The second kappa shape index (κ2) is 14.3. The van der Waals surface area contributed by atoms with E-state index >= 15 is 0 Å². The zero-order valence-electron chi connectivity index (χ0n) is 20.7. The van der Waals surface area contributed by atoms with E-state index in [4.69, 9.17) is 28.4 Å². The van der Waals surface area contributed by atoms with Gasteiger partial charge in [-0.15, -0.1) is 0 Å². The molecule has 8 nitrogen and oxygen atoms in total. The summed E-state index contributed by atoms with van der Waals surface area (Å²) in [5.74, 6) is 0.894. The number of hydrogen-bond donors (Lipinski definition) is 0. The Morgan fingerprint density at radius 1 is 1.22 bits per heavy atom. The molecule has 0 aromatic carbocycles. The molecule has 7 unspecified atom stereocenters. The fourth-order valence-electron chi connectivity index (χ4n) is 4.12. The van der Waals surface area contributed by atoms with Gasteiger partial charge in [-0.3, -0.25) is 0 Å². The maximum absolute atomic E-state index is 14.0. The molecule has 0 saturated carbocycles. The van der Waals surface area contributed by atoms with Crippen molar-refractivity contribution in [3.63, 3.8) is 0 Å². The van der Waals surface area contributed by atoms with Gasteiger partial charge in [0, 0.05) is 0 Å². The molecule has 1 saturated heterocycles. The van der Waals surface area contributed by atoms with Crippen LogP contribution < -0.4 is 0 Å². The zero-order chi connectivity index (χ0) is 24.4. The Morgan fingerprint density at radius 2 is 1.81 bits per heavy atom. The second-order valence-electron chi connectivity index (χ2n) is 9.03. The minimum absolute atomic E-state index is 0.0319. The first kappa shape index (κ1) is 29.9. The summed E-state index contributed by atoms with van der Waals surface area (Å²) in [7, 11) is -4.02. The summed E-state index contributed by atoms with van der Waals surface area (Å²) < 4.78 is 41.4. The third kappa shape index (κ3) is 8.29. The Bertz CT molecular complexity index is 645. The molecule has 1 fully saturated rings. The van der Waals surface area contributed by atoms with E-state index in [1.807, 2.05) is 30.2 Å². The fraction of sp³-hybridized carbons (Fsp3) is 0.955. The monoisotopic (exact) mass is 511 g/mol. The van der Waals surface area contributed by atoms with Crippen LogP contribution in [-0.2, 0) is 44.9 Å². The quantitative estimate of drug-likeness (QED) is 0.142. The van der Waals surface area contributed by atoms with Crippen LogP contribution in [-0.4, -0.2) is 37.6 Å². The smallest absolute Gasteiger partial charge is 0.0651 e. The Balaban J connectivity index is 3.25. The molecule has 0 spiro atoms. The summed E-state index contributed by atoms with van der Waals surface area (Å²) in [6, 6.07) is 2.02. The summed E-state index contributed by atoms with van der Waals surface area (Å²) in [6.45, 7) is 15.6. The molecular weight excluding hydrogens is 470 g/mol. The average molecular weight is 511 g/mol. The van der Waals surface area contributed by atoms with Gasteiger partial charge in [-0.1, -0.05) is 13.8 Å². The molecule has 10 heteroatoms. The van der Waals surface area contributed by atoms with E-state index in [1.165, 1.54) is 0 Å². The second-order valence-corrected chi connectivity index (χ2v) is 10.8. The first-order chi connectivity index (χ1) is 15.1. The molecule has 0 N–H and O–H groups in total. The van der Waals surface area contributed by atoms with Crippen molar-refractivity contribution in [1.82, 2.24) is 0 Å². The third-order valence-electron chi connectivity index (χ3n) is 7.29. The molecule has 32 heavy (non-hydrogen) atoms. The number of phosphoric acid groups is 1. The molecule has 0 aliphatic carbocycles. The van der Waals surface area contributed by atoms with Crippen molar-refractivity contribution in [1.29, 1.82) is 5.26 Å². The van der Waals surface area contributed by atoms with Crippen LogP contribution in [0.25, 0.3) is 0 Å². The molecule has 0 aromatic rings. The first-order valence-corrected chi connectivity index (χ1v) is 13.8. The van der Waals surface area contributed by atoms with Gasteiger partial charge in [0.05, 0.1) is 0 Å². The van der Waals surface area contributed by atoms with Crippen molar-refractivity contribution in [2.24, 2.45) is 27.6 Å². The molecular formula is C22H41N2O6PV. The molecule has 0 radical (unpaired) electrons. The van der Waals surface area contributed by atoms with Crippen LogP contribution in [0.15, 0.2) is 3.95 Å². The van der Waals surface area contributed by atoms with Crippen molar-refractivity contribution in [2.75, 3.05) is 19.8 Å². The van der Waals surface area contributed by atoms with Crippen molar-refractivity contribution in [2.45, 2.75) is 92.0 Å². The van der Waals surface area contributed by atoms with Crippen molar-refractivity contribution in [3.05, 3.63) is 0 Å². The number of rotatable bonds is 16. The molecule has 1 aliphatic heterocycles. The van der Waals surface area contributed by atoms with Crippen molar-refractivity contribution < 1.29 is 44.9 Å². The van der Waals surface area contributed by atoms with Gasteiger partial charge in [-0.05, 0) is 0 Å². The number of nitrogens with zero attached hydrogens (tertiary/aromatic N) is 2.